The van der Waals surface area contributed by atoms with Crippen molar-refractivity contribution in [3.8, 4) is 0 Å². The number of hydrogen-bond donors (Lipinski definition) is 1. The van der Waals surface area contributed by atoms with Crippen molar-refractivity contribution in [2.24, 2.45) is 0 Å². The number of imide groups is 1. The maximum absolute atomic E-state index is 12.6. The summed E-state index contributed by atoms with van der Waals surface area (Å²) in [6.07, 6.45) is 3.96. The molecule has 0 atom stereocenters. The second-order valence-electron chi connectivity index (χ2n) is 6.15. The zero-order valence-electron chi connectivity index (χ0n) is 15.4. The fourth-order valence-electron chi connectivity index (χ4n) is 2.81. The third kappa shape index (κ3) is 3.63. The van der Waals surface area contributed by atoms with Crippen LogP contribution in [0.25, 0.3) is 6.08 Å². The van der Waals surface area contributed by atoms with E-state index in [0.29, 0.717) is 0 Å². The summed E-state index contributed by atoms with van der Waals surface area (Å²) in [6.45, 7) is -0.614. The van der Waals surface area contributed by atoms with E-state index in [9.17, 15) is 19.2 Å². The molecule has 9 heteroatoms. The Labute approximate surface area is 169 Å². The van der Waals surface area contributed by atoms with Gasteiger partial charge in [0.25, 0.3) is 17.7 Å². The molecule has 1 aromatic carbocycles. The Morgan fingerprint density at radius 1 is 0.933 bits per heavy atom. The largest absolute Gasteiger partial charge is 0.465 e. The van der Waals surface area contributed by atoms with Crippen LogP contribution in [0.2, 0.25) is 0 Å². The number of nitrogens with one attached hydrogen (secondary N) is 1. The summed E-state index contributed by atoms with van der Waals surface area (Å²) >= 11 is 0. The molecule has 1 aliphatic heterocycles. The maximum atomic E-state index is 12.6. The normalized spacial score (nSPS) is 13.3. The quantitative estimate of drug-likeness (QED) is 0.379. The van der Waals surface area contributed by atoms with E-state index >= 15 is 0 Å². The van der Waals surface area contributed by atoms with Gasteiger partial charge in [-0.15, -0.1) is 0 Å². The summed E-state index contributed by atoms with van der Waals surface area (Å²) < 4.78 is 15.3. The van der Waals surface area contributed by atoms with Gasteiger partial charge in [-0.3, -0.25) is 14.4 Å². The van der Waals surface area contributed by atoms with Gasteiger partial charge in [-0.05, 0) is 36.4 Å². The van der Waals surface area contributed by atoms with Gasteiger partial charge >= 0.3 is 5.97 Å². The number of hydrogen-bond acceptors (Lipinski definition) is 7. The highest BCUT2D eigenvalue weighted by molar-refractivity contribution is 6.21. The lowest BCUT2D eigenvalue weighted by Crippen LogP contribution is -2.35. The third-order valence-corrected chi connectivity index (χ3v) is 4.25. The van der Waals surface area contributed by atoms with E-state index < -0.39 is 30.4 Å². The van der Waals surface area contributed by atoms with E-state index in [0.717, 1.165) is 4.90 Å². The molecule has 0 radical (unpaired) electrons. The number of rotatable bonds is 6. The van der Waals surface area contributed by atoms with Crippen LogP contribution in [0.15, 0.2) is 75.6 Å². The van der Waals surface area contributed by atoms with Crippen molar-refractivity contribution in [2.75, 3.05) is 6.73 Å². The van der Waals surface area contributed by atoms with Gasteiger partial charge < -0.3 is 18.9 Å². The molecule has 1 N–H and O–H groups in total. The van der Waals surface area contributed by atoms with E-state index in [1.54, 1.807) is 24.3 Å². The number of nitrogens with zero attached hydrogens (tertiary/aromatic N) is 1. The van der Waals surface area contributed by atoms with Crippen molar-refractivity contribution in [1.82, 2.24) is 10.2 Å². The Hall–Kier alpha value is -4.40. The maximum Gasteiger partial charge on any atom is 0.356 e. The fraction of sp³-hybridized carbons (Fsp3) is 0.0476. The first kappa shape index (κ1) is 18.9. The van der Waals surface area contributed by atoms with Gasteiger partial charge in [-0.25, -0.2) is 9.69 Å². The minimum atomic E-state index is -0.970. The number of carbonyl (C=O) groups excluding carboxylic acids is 4. The summed E-state index contributed by atoms with van der Waals surface area (Å²) in [6, 6.07) is 12.4. The highest BCUT2D eigenvalue weighted by Gasteiger charge is 2.36. The summed E-state index contributed by atoms with van der Waals surface area (Å²) in [5.74, 6) is -2.53. The van der Waals surface area contributed by atoms with Crippen molar-refractivity contribution in [3.05, 3.63) is 89.4 Å². The number of benzene rings is 1. The molecule has 2 aromatic heterocycles. The number of carbonyl (C=O) groups is 4. The Morgan fingerprint density at radius 3 is 2.20 bits per heavy atom. The molecule has 4 rings (SSSR count). The fourth-order valence-corrected chi connectivity index (χ4v) is 2.81. The van der Waals surface area contributed by atoms with Gasteiger partial charge in [0, 0.05) is 6.08 Å². The summed E-state index contributed by atoms with van der Waals surface area (Å²) in [5.41, 5.74) is 0.204. The van der Waals surface area contributed by atoms with E-state index in [4.69, 9.17) is 13.6 Å². The van der Waals surface area contributed by atoms with Crippen LogP contribution in [0.1, 0.15) is 37.0 Å². The van der Waals surface area contributed by atoms with E-state index in [-0.39, 0.29) is 28.3 Å². The zero-order valence-corrected chi connectivity index (χ0v) is 15.4. The van der Waals surface area contributed by atoms with Crippen LogP contribution in [-0.4, -0.2) is 35.3 Å². The molecule has 0 saturated heterocycles. The lowest BCUT2D eigenvalue weighted by Gasteiger charge is -2.15. The third-order valence-electron chi connectivity index (χ3n) is 4.25. The Kier molecular flexibility index (Phi) is 5.00. The first-order valence-corrected chi connectivity index (χ1v) is 8.77. The van der Waals surface area contributed by atoms with Crippen molar-refractivity contribution < 1.29 is 32.7 Å². The Morgan fingerprint density at radius 2 is 1.60 bits per heavy atom. The Bertz CT molecular complexity index is 1110. The number of esters is 1. The van der Waals surface area contributed by atoms with Crippen LogP contribution in [0.5, 0.6) is 0 Å². The topological polar surface area (TPSA) is 119 Å². The Balaban J connectivity index is 1.49. The zero-order chi connectivity index (χ0) is 21.1. The molecule has 150 valence electrons. The second kappa shape index (κ2) is 7.92. The lowest BCUT2D eigenvalue weighted by molar-refractivity contribution is -0.141. The molecule has 0 unspecified atom stereocenters. The first-order chi connectivity index (χ1) is 14.5. The minimum absolute atomic E-state index is 0.0199. The molecule has 3 aromatic rings. The van der Waals surface area contributed by atoms with E-state index in [1.807, 2.05) is 0 Å². The van der Waals surface area contributed by atoms with Crippen molar-refractivity contribution in [3.63, 3.8) is 0 Å². The summed E-state index contributed by atoms with van der Waals surface area (Å²) in [4.78, 5) is 50.4. The average molecular weight is 406 g/mol. The molecule has 0 spiro atoms. The van der Waals surface area contributed by atoms with Crippen LogP contribution in [0.4, 0.5) is 0 Å². The van der Waals surface area contributed by atoms with Gasteiger partial charge in [0.2, 0.25) is 0 Å². The number of fused-ring (bicyclic) bond motifs is 1. The molecule has 0 fully saturated rings. The molecule has 0 aliphatic carbocycles. The molecule has 3 heterocycles. The molecular formula is C21H14N2O7. The minimum Gasteiger partial charge on any atom is -0.465 e. The number of ether oxygens (including phenoxy) is 1. The van der Waals surface area contributed by atoms with E-state index in [2.05, 4.69) is 5.32 Å². The standard InChI is InChI=1S/C21H14N2O7/c24-18(17-8-4-10-29-17)22-16(11-13-5-3-9-28-13)21(27)30-12-23-19(25)14-6-1-2-7-15(14)20(23)26/h1-11H,12H2,(H,22,24)/b16-11-. The van der Waals surface area contributed by atoms with Crippen LogP contribution < -0.4 is 5.32 Å². The van der Waals surface area contributed by atoms with Crippen LogP contribution in [-0.2, 0) is 9.53 Å². The molecular weight excluding hydrogens is 392 g/mol. The monoisotopic (exact) mass is 406 g/mol. The molecule has 30 heavy (non-hydrogen) atoms. The summed E-state index contributed by atoms with van der Waals surface area (Å²) in [7, 11) is 0. The van der Waals surface area contributed by atoms with Crippen LogP contribution in [0.3, 0.4) is 0 Å². The van der Waals surface area contributed by atoms with Gasteiger partial charge in [0.1, 0.15) is 11.5 Å². The van der Waals surface area contributed by atoms with Gasteiger partial charge in [0.15, 0.2) is 12.5 Å². The van der Waals surface area contributed by atoms with Crippen molar-refractivity contribution >= 4 is 29.8 Å². The second-order valence-corrected chi connectivity index (χ2v) is 6.15. The average Bonchev–Trinajstić information content (AvgIpc) is 3.50. The van der Waals surface area contributed by atoms with E-state index in [1.165, 1.54) is 42.9 Å². The molecule has 0 bridgehead atoms. The van der Waals surface area contributed by atoms with Gasteiger partial charge in [0.05, 0.1) is 23.7 Å². The predicted molar refractivity (Wildman–Crippen MR) is 101 cm³/mol. The first-order valence-electron chi connectivity index (χ1n) is 8.77. The molecule has 0 saturated carbocycles. The molecule has 9 nitrogen and oxygen atoms in total. The lowest BCUT2D eigenvalue weighted by atomic mass is 10.1. The highest BCUT2D eigenvalue weighted by Crippen LogP contribution is 2.22. The highest BCUT2D eigenvalue weighted by atomic mass is 16.5. The van der Waals surface area contributed by atoms with Crippen molar-refractivity contribution in [2.45, 2.75) is 0 Å². The smallest absolute Gasteiger partial charge is 0.356 e. The molecule has 3 amide bonds. The number of furan rings is 2. The van der Waals surface area contributed by atoms with Crippen molar-refractivity contribution in [1.29, 1.82) is 0 Å². The molecule has 1 aliphatic rings. The van der Waals surface area contributed by atoms with Crippen LogP contribution in [0, 0.1) is 0 Å². The summed E-state index contributed by atoms with van der Waals surface area (Å²) in [5, 5.41) is 2.38. The SMILES string of the molecule is O=C(OCN1C(=O)c2ccccc2C1=O)/C(=C/c1ccco1)NC(=O)c1ccco1. The predicted octanol–water partition coefficient (Wildman–Crippen LogP) is 2.44. The number of amides is 3. The van der Waals surface area contributed by atoms with Crippen LogP contribution >= 0.6 is 0 Å². The van der Waals surface area contributed by atoms with Gasteiger partial charge in [-0.2, -0.15) is 0 Å². The van der Waals surface area contributed by atoms with Gasteiger partial charge in [-0.1, -0.05) is 12.1 Å².